The van der Waals surface area contributed by atoms with Gasteiger partial charge < -0.3 is 47.4 Å². The molecule has 8 rings (SSSR count). The van der Waals surface area contributed by atoms with E-state index in [2.05, 4.69) is 6.92 Å². The molecule has 0 amide bonds. The largest absolute Gasteiger partial charge is 0.452 e. The van der Waals surface area contributed by atoms with Crippen LogP contribution in [0.3, 0.4) is 0 Å². The standard InChI is InChI=1S/C70H86O12/c1-3-4-5-6-7-8-9-10-11-12-13-14-15-34-47-74-69-66(81-68(72)59-45-32-21-33-46-59)64(80-67(71)58-43-30-20-31-44-58)62(60(79-69)52-73-48-54-35-22-16-23-36-54)82-70-65(77-51-57-41-28-19-29-42-57)63(76-50-56-39-26-18-27-40-56)61(53(2)78-70)75-49-55-37-24-17-25-38-55/h16-33,35-46,53,60-66,69-70H,3-15,34,47-52H2,1-2H3/t53-,60+,61-,62+,63+,64-,65+,66+,69+,70-/m0/s1. The summed E-state index contributed by atoms with van der Waals surface area (Å²) in [5.41, 5.74) is 4.38. The van der Waals surface area contributed by atoms with E-state index in [0.29, 0.717) is 12.2 Å². The molecule has 0 bridgehead atoms. The first-order chi connectivity index (χ1) is 40.4. The van der Waals surface area contributed by atoms with Crippen LogP contribution in [0, 0.1) is 0 Å². The van der Waals surface area contributed by atoms with Gasteiger partial charge in [0.2, 0.25) is 0 Å². The van der Waals surface area contributed by atoms with Crippen LogP contribution in [0.25, 0.3) is 0 Å². The van der Waals surface area contributed by atoms with Crippen molar-refractivity contribution >= 4 is 11.9 Å². The van der Waals surface area contributed by atoms with Gasteiger partial charge >= 0.3 is 11.9 Å². The first-order valence-corrected chi connectivity index (χ1v) is 30.1. The molecular formula is C70H86O12. The number of rotatable bonds is 35. The topological polar surface area (TPSA) is 126 Å². The second-order valence-corrected chi connectivity index (χ2v) is 21.6. The summed E-state index contributed by atoms with van der Waals surface area (Å²) >= 11 is 0. The molecule has 6 aromatic rings. The van der Waals surface area contributed by atoms with Crippen molar-refractivity contribution in [1.29, 1.82) is 0 Å². The smallest absolute Gasteiger partial charge is 0.338 e. The van der Waals surface area contributed by atoms with Gasteiger partial charge in [0.1, 0.15) is 30.5 Å². The quantitative estimate of drug-likeness (QED) is 0.0278. The predicted molar refractivity (Wildman–Crippen MR) is 317 cm³/mol. The van der Waals surface area contributed by atoms with Crippen LogP contribution in [-0.4, -0.2) is 86.6 Å². The van der Waals surface area contributed by atoms with Crippen molar-refractivity contribution in [3.05, 3.63) is 215 Å². The van der Waals surface area contributed by atoms with E-state index in [4.69, 9.17) is 47.4 Å². The van der Waals surface area contributed by atoms with Crippen molar-refractivity contribution in [2.45, 2.75) is 192 Å². The van der Waals surface area contributed by atoms with Crippen molar-refractivity contribution in [3.8, 4) is 0 Å². The molecule has 0 unspecified atom stereocenters. The maximum absolute atomic E-state index is 14.6. The minimum Gasteiger partial charge on any atom is -0.452 e. The number of unbranched alkanes of at least 4 members (excludes halogenated alkanes) is 13. The van der Waals surface area contributed by atoms with E-state index in [1.165, 1.54) is 64.2 Å². The third kappa shape index (κ3) is 20.1. The Hall–Kier alpha value is -6.06. The molecule has 0 radical (unpaired) electrons. The maximum Gasteiger partial charge on any atom is 0.338 e. The number of carbonyl (C=O) groups is 2. The van der Waals surface area contributed by atoms with Crippen LogP contribution in [0.5, 0.6) is 0 Å². The Morgan fingerprint density at radius 2 is 0.768 bits per heavy atom. The zero-order valence-corrected chi connectivity index (χ0v) is 48.1. The Kier molecular flexibility index (Phi) is 26.6. The summed E-state index contributed by atoms with van der Waals surface area (Å²) in [6.45, 7) is 5.38. The third-order valence-corrected chi connectivity index (χ3v) is 15.1. The third-order valence-electron chi connectivity index (χ3n) is 15.1. The zero-order valence-electron chi connectivity index (χ0n) is 48.1. The van der Waals surface area contributed by atoms with E-state index in [-0.39, 0.29) is 38.6 Å². The average molecular weight is 1120 g/mol. The number of ether oxygens (including phenoxy) is 10. The summed E-state index contributed by atoms with van der Waals surface area (Å²) in [4.78, 5) is 29.0. The van der Waals surface area contributed by atoms with Crippen molar-refractivity contribution in [2.24, 2.45) is 0 Å². The van der Waals surface area contributed by atoms with Gasteiger partial charge in [-0.3, -0.25) is 0 Å². The number of hydrogen-bond acceptors (Lipinski definition) is 12. The molecule has 2 fully saturated rings. The molecule has 6 aromatic carbocycles. The molecule has 10 atom stereocenters. The Morgan fingerprint density at radius 1 is 0.378 bits per heavy atom. The normalized spacial score (nSPS) is 22.6. The van der Waals surface area contributed by atoms with Crippen molar-refractivity contribution in [2.75, 3.05) is 13.2 Å². The van der Waals surface area contributed by atoms with Crippen molar-refractivity contribution in [3.63, 3.8) is 0 Å². The lowest BCUT2D eigenvalue weighted by molar-refractivity contribution is -0.366. The molecule has 0 aliphatic carbocycles. The Morgan fingerprint density at radius 3 is 1.23 bits per heavy atom. The highest BCUT2D eigenvalue weighted by atomic mass is 16.8. The van der Waals surface area contributed by atoms with Gasteiger partial charge in [0, 0.05) is 6.61 Å². The maximum atomic E-state index is 14.6. The summed E-state index contributed by atoms with van der Waals surface area (Å²) in [5.74, 6) is -1.32. The molecule has 2 aliphatic rings. The van der Waals surface area contributed by atoms with Crippen LogP contribution in [0.15, 0.2) is 182 Å². The first kappa shape index (κ1) is 62.0. The van der Waals surface area contributed by atoms with Gasteiger partial charge in [0.05, 0.1) is 50.3 Å². The summed E-state index contributed by atoms with van der Waals surface area (Å²) in [6, 6.07) is 57.0. The molecule has 0 aromatic heterocycles. The molecule has 2 saturated heterocycles. The Labute approximate surface area is 487 Å². The van der Waals surface area contributed by atoms with Crippen LogP contribution in [0.4, 0.5) is 0 Å². The summed E-state index contributed by atoms with van der Waals surface area (Å²) in [5, 5.41) is 0. The van der Waals surface area contributed by atoms with Crippen LogP contribution < -0.4 is 0 Å². The number of carbonyl (C=O) groups excluding carboxylic acids is 2. The molecule has 0 saturated carbocycles. The lowest BCUT2D eigenvalue weighted by Gasteiger charge is -2.49. The number of esters is 2. The fourth-order valence-electron chi connectivity index (χ4n) is 10.6. The van der Waals surface area contributed by atoms with Gasteiger partial charge in [-0.25, -0.2) is 9.59 Å². The van der Waals surface area contributed by atoms with E-state index in [1.54, 1.807) is 48.5 Å². The highest BCUT2D eigenvalue weighted by molar-refractivity contribution is 5.90. The van der Waals surface area contributed by atoms with Gasteiger partial charge in [0.15, 0.2) is 24.8 Å². The van der Waals surface area contributed by atoms with Crippen LogP contribution in [-0.2, 0) is 73.8 Å². The van der Waals surface area contributed by atoms with Crippen LogP contribution in [0.2, 0.25) is 0 Å². The Balaban J connectivity index is 1.10. The summed E-state index contributed by atoms with van der Waals surface area (Å²) < 4.78 is 68.4. The van der Waals surface area contributed by atoms with E-state index in [9.17, 15) is 9.59 Å². The van der Waals surface area contributed by atoms with E-state index < -0.39 is 73.4 Å². The number of hydrogen-bond donors (Lipinski definition) is 0. The summed E-state index contributed by atoms with van der Waals surface area (Å²) in [6.07, 6.45) is 6.75. The highest BCUT2D eigenvalue weighted by Gasteiger charge is 2.56. The van der Waals surface area contributed by atoms with Crippen LogP contribution in [0.1, 0.15) is 147 Å². The minimum atomic E-state index is -1.34. The molecule has 0 spiro atoms. The molecule has 0 N–H and O–H groups in total. The molecule has 438 valence electrons. The van der Waals surface area contributed by atoms with Gasteiger partial charge in [-0.2, -0.15) is 0 Å². The van der Waals surface area contributed by atoms with Crippen molar-refractivity contribution in [1.82, 2.24) is 0 Å². The van der Waals surface area contributed by atoms with Gasteiger partial charge in [-0.15, -0.1) is 0 Å². The fourth-order valence-corrected chi connectivity index (χ4v) is 10.6. The summed E-state index contributed by atoms with van der Waals surface area (Å²) in [7, 11) is 0. The first-order valence-electron chi connectivity index (χ1n) is 30.1. The van der Waals surface area contributed by atoms with E-state index >= 15 is 0 Å². The lowest BCUT2D eigenvalue weighted by Crippen LogP contribution is -2.66. The average Bonchev–Trinajstić information content (AvgIpc) is 3.58. The molecule has 2 aliphatic heterocycles. The van der Waals surface area contributed by atoms with E-state index in [1.807, 2.05) is 140 Å². The Bertz CT molecular complexity index is 2650. The number of benzene rings is 6. The molecule has 12 heteroatoms. The van der Waals surface area contributed by atoms with Gasteiger partial charge in [-0.05, 0) is 59.9 Å². The molecule has 12 nitrogen and oxygen atoms in total. The van der Waals surface area contributed by atoms with E-state index in [0.717, 1.165) is 47.9 Å². The predicted octanol–water partition coefficient (Wildman–Crippen LogP) is 14.8. The highest BCUT2D eigenvalue weighted by Crippen LogP contribution is 2.37. The second-order valence-electron chi connectivity index (χ2n) is 21.6. The van der Waals surface area contributed by atoms with Crippen molar-refractivity contribution < 1.29 is 57.0 Å². The van der Waals surface area contributed by atoms with Gasteiger partial charge in [-0.1, -0.05) is 248 Å². The van der Waals surface area contributed by atoms with Gasteiger partial charge in [0.25, 0.3) is 0 Å². The van der Waals surface area contributed by atoms with Crippen LogP contribution >= 0.6 is 0 Å². The lowest BCUT2D eigenvalue weighted by atomic mass is 9.96. The molecular weight excluding hydrogens is 1030 g/mol. The SMILES string of the molecule is CCCCCCCCCCCCCCCCO[C@@H]1O[C@H](COCc2ccccc2)[C@@H](O[C@@H]2O[C@@H](C)[C@H](OCc3ccccc3)[C@@H](OCc3ccccc3)[C@H]2OCc2ccccc2)[C@H](OC(=O)c2ccccc2)[C@H]1OC(=O)c1ccccc1. The molecule has 82 heavy (non-hydrogen) atoms. The second kappa shape index (κ2) is 35.2. The molecule has 2 heterocycles. The fraction of sp³-hybridized carbons (Fsp3) is 0.457. The minimum absolute atomic E-state index is 0.0361. The zero-order chi connectivity index (χ0) is 56.8. The monoisotopic (exact) mass is 1120 g/mol.